The molecule has 1 saturated heterocycles. The molecule has 1 fully saturated rings. The lowest BCUT2D eigenvalue weighted by Crippen LogP contribution is -2.42. The molecule has 0 saturated carbocycles. The normalized spacial score (nSPS) is 19.7. The molecule has 5 heteroatoms. The molecular formula is C13H17NO3S. The zero-order valence-electron chi connectivity index (χ0n) is 10.6. The molecule has 1 atom stereocenters. The monoisotopic (exact) mass is 267 g/mol. The number of thiophene rings is 1. The van der Waals surface area contributed by atoms with E-state index in [1.165, 1.54) is 18.4 Å². The van der Waals surface area contributed by atoms with Gasteiger partial charge in [0, 0.05) is 13.1 Å². The summed E-state index contributed by atoms with van der Waals surface area (Å²) in [6.07, 6.45) is 1.66. The Labute approximate surface area is 111 Å². The van der Waals surface area contributed by atoms with Crippen LogP contribution in [0.25, 0.3) is 0 Å². The van der Waals surface area contributed by atoms with Crippen LogP contribution < -0.4 is 0 Å². The maximum Gasteiger partial charge on any atom is 0.310 e. The summed E-state index contributed by atoms with van der Waals surface area (Å²) in [5.41, 5.74) is 1.00. The van der Waals surface area contributed by atoms with Crippen LogP contribution in [0.5, 0.6) is 0 Å². The van der Waals surface area contributed by atoms with Crippen molar-refractivity contribution in [1.82, 2.24) is 4.90 Å². The van der Waals surface area contributed by atoms with Gasteiger partial charge >= 0.3 is 5.97 Å². The van der Waals surface area contributed by atoms with E-state index in [1.54, 1.807) is 4.90 Å². The highest BCUT2D eigenvalue weighted by Crippen LogP contribution is 2.23. The van der Waals surface area contributed by atoms with Gasteiger partial charge in [0.25, 0.3) is 5.91 Å². The number of hydrogen-bond acceptors (Lipinski definition) is 4. The summed E-state index contributed by atoms with van der Waals surface area (Å²) in [6.45, 7) is 3.14. The Bertz CT molecular complexity index is 455. The highest BCUT2D eigenvalue weighted by atomic mass is 32.1. The molecule has 0 spiro atoms. The van der Waals surface area contributed by atoms with Gasteiger partial charge in [-0.2, -0.15) is 0 Å². The first-order valence-corrected chi connectivity index (χ1v) is 6.92. The van der Waals surface area contributed by atoms with Gasteiger partial charge in [-0.25, -0.2) is 0 Å². The average Bonchev–Trinajstić information content (AvgIpc) is 2.83. The summed E-state index contributed by atoms with van der Waals surface area (Å²) < 4.78 is 4.76. The summed E-state index contributed by atoms with van der Waals surface area (Å²) in [5.74, 6) is -0.348. The van der Waals surface area contributed by atoms with Crippen molar-refractivity contribution in [1.29, 1.82) is 0 Å². The molecule has 1 unspecified atom stereocenters. The van der Waals surface area contributed by atoms with Crippen molar-refractivity contribution in [3.63, 3.8) is 0 Å². The molecule has 1 aliphatic heterocycles. The van der Waals surface area contributed by atoms with Gasteiger partial charge in [-0.15, -0.1) is 11.3 Å². The zero-order valence-corrected chi connectivity index (χ0v) is 11.5. The molecular weight excluding hydrogens is 250 g/mol. The fraction of sp³-hybridized carbons (Fsp3) is 0.538. The topological polar surface area (TPSA) is 46.6 Å². The number of amides is 1. The molecule has 0 aliphatic carbocycles. The van der Waals surface area contributed by atoms with E-state index in [2.05, 4.69) is 0 Å². The standard InChI is InChI=1S/C13H17NO3S/c1-9-5-7-18-11(9)12(15)14-6-3-4-10(8-14)13(16)17-2/h5,7,10H,3-4,6,8H2,1-2H3. The average molecular weight is 267 g/mol. The molecule has 18 heavy (non-hydrogen) atoms. The highest BCUT2D eigenvalue weighted by Gasteiger charge is 2.30. The van der Waals surface area contributed by atoms with Crippen LogP contribution in [-0.2, 0) is 9.53 Å². The van der Waals surface area contributed by atoms with Crippen LogP contribution in [0.4, 0.5) is 0 Å². The molecule has 1 aliphatic rings. The molecule has 0 aromatic carbocycles. The Hall–Kier alpha value is -1.36. The summed E-state index contributed by atoms with van der Waals surface area (Å²) >= 11 is 1.46. The number of ether oxygens (including phenoxy) is 1. The summed E-state index contributed by atoms with van der Waals surface area (Å²) in [6, 6.07) is 1.94. The minimum absolute atomic E-state index is 0.0381. The molecule has 0 N–H and O–H groups in total. The van der Waals surface area contributed by atoms with Crippen LogP contribution in [0.15, 0.2) is 11.4 Å². The van der Waals surface area contributed by atoms with Gasteiger partial charge in [0.1, 0.15) is 0 Å². The van der Waals surface area contributed by atoms with Crippen LogP contribution in [0, 0.1) is 12.8 Å². The molecule has 4 nitrogen and oxygen atoms in total. The van der Waals surface area contributed by atoms with Crippen molar-refractivity contribution in [2.24, 2.45) is 5.92 Å². The molecule has 98 valence electrons. The van der Waals surface area contributed by atoms with Gasteiger partial charge in [-0.1, -0.05) is 0 Å². The van der Waals surface area contributed by atoms with Gasteiger partial charge in [0.15, 0.2) is 0 Å². The summed E-state index contributed by atoms with van der Waals surface area (Å²) in [5, 5.41) is 1.92. The second-order valence-corrected chi connectivity index (χ2v) is 5.46. The molecule has 2 rings (SSSR count). The van der Waals surface area contributed by atoms with Gasteiger partial charge < -0.3 is 9.64 Å². The minimum atomic E-state index is -0.213. The quantitative estimate of drug-likeness (QED) is 0.771. The van der Waals surface area contributed by atoms with Crippen molar-refractivity contribution >= 4 is 23.2 Å². The maximum absolute atomic E-state index is 12.3. The number of esters is 1. The lowest BCUT2D eigenvalue weighted by Gasteiger charge is -2.31. The fourth-order valence-corrected chi connectivity index (χ4v) is 3.15. The predicted molar refractivity (Wildman–Crippen MR) is 69.7 cm³/mol. The van der Waals surface area contributed by atoms with E-state index in [0.29, 0.717) is 6.54 Å². The summed E-state index contributed by atoms with van der Waals surface area (Å²) in [7, 11) is 1.40. The van der Waals surface area contributed by atoms with Crippen molar-refractivity contribution in [3.05, 3.63) is 21.9 Å². The van der Waals surface area contributed by atoms with Gasteiger partial charge in [0.2, 0.25) is 0 Å². The highest BCUT2D eigenvalue weighted by molar-refractivity contribution is 7.12. The van der Waals surface area contributed by atoms with Crippen molar-refractivity contribution in [3.8, 4) is 0 Å². The molecule has 0 bridgehead atoms. The number of hydrogen-bond donors (Lipinski definition) is 0. The number of nitrogens with zero attached hydrogens (tertiary/aromatic N) is 1. The number of piperidine rings is 1. The van der Waals surface area contributed by atoms with E-state index in [4.69, 9.17) is 4.74 Å². The Morgan fingerprint density at radius 3 is 2.89 bits per heavy atom. The third-order valence-electron chi connectivity index (χ3n) is 3.30. The van der Waals surface area contributed by atoms with Gasteiger partial charge in [0.05, 0.1) is 17.9 Å². The molecule has 1 aromatic rings. The van der Waals surface area contributed by atoms with Crippen molar-refractivity contribution in [2.45, 2.75) is 19.8 Å². The number of rotatable bonds is 2. The number of likely N-dealkylation sites (tertiary alicyclic amines) is 1. The molecule has 1 aromatic heterocycles. The molecule has 1 amide bonds. The maximum atomic E-state index is 12.3. The Kier molecular flexibility index (Phi) is 4.01. The van der Waals surface area contributed by atoms with E-state index in [-0.39, 0.29) is 17.8 Å². The van der Waals surface area contributed by atoms with Crippen molar-refractivity contribution < 1.29 is 14.3 Å². The minimum Gasteiger partial charge on any atom is -0.469 e. The number of aryl methyl sites for hydroxylation is 1. The third-order valence-corrected chi connectivity index (χ3v) is 4.30. The number of carbonyl (C=O) groups excluding carboxylic acids is 2. The van der Waals surface area contributed by atoms with E-state index < -0.39 is 0 Å². The lowest BCUT2D eigenvalue weighted by molar-refractivity contribution is -0.146. The van der Waals surface area contributed by atoms with E-state index in [0.717, 1.165) is 29.8 Å². The smallest absolute Gasteiger partial charge is 0.310 e. The first-order chi connectivity index (χ1) is 8.63. The van der Waals surface area contributed by atoms with Gasteiger partial charge in [-0.3, -0.25) is 9.59 Å². The lowest BCUT2D eigenvalue weighted by atomic mass is 9.98. The number of carbonyl (C=O) groups is 2. The van der Waals surface area contributed by atoms with E-state index in [1.807, 2.05) is 18.4 Å². The Morgan fingerprint density at radius 2 is 2.28 bits per heavy atom. The zero-order chi connectivity index (χ0) is 13.1. The second-order valence-electron chi connectivity index (χ2n) is 4.55. The van der Waals surface area contributed by atoms with Crippen LogP contribution in [-0.4, -0.2) is 37.0 Å². The number of methoxy groups -OCH3 is 1. The van der Waals surface area contributed by atoms with Crippen LogP contribution in [0.3, 0.4) is 0 Å². The SMILES string of the molecule is COC(=O)C1CCCN(C(=O)c2sccc2C)C1. The third kappa shape index (κ3) is 2.56. The summed E-state index contributed by atoms with van der Waals surface area (Å²) in [4.78, 5) is 26.4. The molecule has 2 heterocycles. The van der Waals surface area contributed by atoms with Crippen molar-refractivity contribution in [2.75, 3.05) is 20.2 Å². The largest absolute Gasteiger partial charge is 0.469 e. The van der Waals surface area contributed by atoms with Crippen LogP contribution >= 0.6 is 11.3 Å². The van der Waals surface area contributed by atoms with Crippen LogP contribution in [0.1, 0.15) is 28.1 Å². The Morgan fingerprint density at radius 1 is 1.50 bits per heavy atom. The second kappa shape index (κ2) is 5.52. The fourth-order valence-electron chi connectivity index (χ4n) is 2.26. The predicted octanol–water partition coefficient (Wildman–Crippen LogP) is 2.08. The first-order valence-electron chi connectivity index (χ1n) is 6.04. The molecule has 0 radical (unpaired) electrons. The van der Waals surface area contributed by atoms with Gasteiger partial charge in [-0.05, 0) is 36.8 Å². The first kappa shape index (κ1) is 13.1. The van der Waals surface area contributed by atoms with E-state index >= 15 is 0 Å². The van der Waals surface area contributed by atoms with Crippen LogP contribution in [0.2, 0.25) is 0 Å². The van der Waals surface area contributed by atoms with E-state index in [9.17, 15) is 9.59 Å². The Balaban J connectivity index is 2.07.